The fourth-order valence-electron chi connectivity index (χ4n) is 2.29. The van der Waals surface area contributed by atoms with E-state index in [1.165, 1.54) is 0 Å². The number of pyridine rings is 1. The van der Waals surface area contributed by atoms with E-state index in [9.17, 15) is 13.2 Å². The Labute approximate surface area is 104 Å². The van der Waals surface area contributed by atoms with Gasteiger partial charge in [0, 0.05) is 13.1 Å². The number of hydrogen-bond donors (Lipinski definition) is 1. The molecule has 0 saturated carbocycles. The zero-order valence-electron chi connectivity index (χ0n) is 10.2. The number of halogens is 3. The van der Waals surface area contributed by atoms with Crippen molar-refractivity contribution in [1.29, 1.82) is 0 Å². The molecule has 1 saturated heterocycles. The lowest BCUT2D eigenvalue weighted by Gasteiger charge is -2.33. The van der Waals surface area contributed by atoms with Crippen LogP contribution in [0.4, 0.5) is 24.5 Å². The van der Waals surface area contributed by atoms with Gasteiger partial charge >= 0.3 is 6.18 Å². The summed E-state index contributed by atoms with van der Waals surface area (Å²) in [5, 5.41) is 0. The minimum absolute atomic E-state index is 0.303. The van der Waals surface area contributed by atoms with E-state index in [0.717, 1.165) is 38.2 Å². The van der Waals surface area contributed by atoms with Crippen molar-refractivity contribution in [3.63, 3.8) is 0 Å². The minimum atomic E-state index is -4.43. The summed E-state index contributed by atoms with van der Waals surface area (Å²) in [7, 11) is 0. The molecule has 1 aromatic heterocycles. The highest BCUT2D eigenvalue weighted by atomic mass is 19.4. The Morgan fingerprint density at radius 1 is 1.44 bits per heavy atom. The van der Waals surface area contributed by atoms with E-state index < -0.39 is 11.9 Å². The van der Waals surface area contributed by atoms with Crippen LogP contribution in [0.1, 0.15) is 25.5 Å². The summed E-state index contributed by atoms with van der Waals surface area (Å²) < 4.78 is 37.9. The maximum atomic E-state index is 12.6. The molecule has 0 bridgehead atoms. The Morgan fingerprint density at radius 2 is 2.17 bits per heavy atom. The number of nitrogens with two attached hydrogens (primary N) is 1. The number of hydrogen-bond acceptors (Lipinski definition) is 3. The molecule has 6 heteroatoms. The van der Waals surface area contributed by atoms with Crippen LogP contribution in [0.3, 0.4) is 0 Å². The van der Waals surface area contributed by atoms with Crippen LogP contribution in [0.25, 0.3) is 0 Å². The van der Waals surface area contributed by atoms with Gasteiger partial charge in [0.2, 0.25) is 0 Å². The Morgan fingerprint density at radius 3 is 2.78 bits per heavy atom. The molecule has 100 valence electrons. The maximum Gasteiger partial charge on any atom is 0.433 e. The molecule has 1 atom stereocenters. The lowest BCUT2D eigenvalue weighted by Crippen LogP contribution is -2.35. The second kappa shape index (κ2) is 4.66. The third-order valence-electron chi connectivity index (χ3n) is 3.20. The van der Waals surface area contributed by atoms with Crippen LogP contribution in [0.5, 0.6) is 0 Å². The molecule has 2 N–H and O–H groups in total. The normalized spacial score (nSPS) is 21.1. The average Bonchev–Trinajstić information content (AvgIpc) is 2.28. The molecular weight excluding hydrogens is 243 g/mol. The average molecular weight is 259 g/mol. The lowest BCUT2D eigenvalue weighted by molar-refractivity contribution is -0.141. The zero-order valence-corrected chi connectivity index (χ0v) is 10.2. The maximum absolute atomic E-state index is 12.6. The third-order valence-corrected chi connectivity index (χ3v) is 3.20. The van der Waals surface area contributed by atoms with Crippen molar-refractivity contribution in [1.82, 2.24) is 4.98 Å². The summed E-state index contributed by atoms with van der Waals surface area (Å²) in [6.45, 7) is 3.58. The van der Waals surface area contributed by atoms with Crippen molar-refractivity contribution < 1.29 is 13.2 Å². The predicted molar refractivity (Wildman–Crippen MR) is 64.3 cm³/mol. The topological polar surface area (TPSA) is 42.2 Å². The summed E-state index contributed by atoms with van der Waals surface area (Å²) in [4.78, 5) is 5.26. The second-order valence-electron chi connectivity index (χ2n) is 4.82. The minimum Gasteiger partial charge on any atom is -0.396 e. The molecule has 1 aliphatic rings. The van der Waals surface area contributed by atoms with E-state index in [1.807, 2.05) is 4.90 Å². The van der Waals surface area contributed by atoms with Gasteiger partial charge < -0.3 is 10.6 Å². The van der Waals surface area contributed by atoms with Crippen LogP contribution < -0.4 is 10.6 Å². The van der Waals surface area contributed by atoms with Gasteiger partial charge in [0.25, 0.3) is 0 Å². The highest BCUT2D eigenvalue weighted by Gasteiger charge is 2.33. The largest absolute Gasteiger partial charge is 0.433 e. The Bertz CT molecular complexity index is 431. The highest BCUT2D eigenvalue weighted by molar-refractivity contribution is 5.67. The van der Waals surface area contributed by atoms with E-state index in [1.54, 1.807) is 0 Å². The second-order valence-corrected chi connectivity index (χ2v) is 4.82. The number of alkyl halides is 3. The van der Waals surface area contributed by atoms with E-state index >= 15 is 0 Å². The third kappa shape index (κ3) is 2.68. The van der Waals surface area contributed by atoms with Gasteiger partial charge in [0.1, 0.15) is 5.69 Å². The molecule has 18 heavy (non-hydrogen) atoms. The molecule has 0 aliphatic carbocycles. The van der Waals surface area contributed by atoms with Crippen molar-refractivity contribution in [2.45, 2.75) is 25.9 Å². The van der Waals surface area contributed by atoms with Gasteiger partial charge in [-0.2, -0.15) is 13.2 Å². The first-order chi connectivity index (χ1) is 8.38. The number of aromatic nitrogens is 1. The van der Waals surface area contributed by atoms with Gasteiger partial charge in [-0.1, -0.05) is 6.92 Å². The zero-order chi connectivity index (χ0) is 13.3. The van der Waals surface area contributed by atoms with Crippen LogP contribution in [0.2, 0.25) is 0 Å². The number of rotatable bonds is 1. The molecule has 0 amide bonds. The van der Waals surface area contributed by atoms with E-state index in [0.29, 0.717) is 17.3 Å². The van der Waals surface area contributed by atoms with Gasteiger partial charge in [-0.15, -0.1) is 0 Å². The first-order valence-corrected chi connectivity index (χ1v) is 5.95. The monoisotopic (exact) mass is 259 g/mol. The summed E-state index contributed by atoms with van der Waals surface area (Å²) in [6.07, 6.45) is -1.25. The van der Waals surface area contributed by atoms with Crippen molar-refractivity contribution in [3.8, 4) is 0 Å². The van der Waals surface area contributed by atoms with Crippen LogP contribution in [-0.2, 0) is 6.18 Å². The molecule has 1 aromatic rings. The van der Waals surface area contributed by atoms with Gasteiger partial charge in [-0.25, -0.2) is 4.98 Å². The first kappa shape index (κ1) is 13.0. The van der Waals surface area contributed by atoms with Gasteiger partial charge in [-0.3, -0.25) is 0 Å². The van der Waals surface area contributed by atoms with Gasteiger partial charge in [-0.05, 0) is 24.8 Å². The predicted octanol–water partition coefficient (Wildman–Crippen LogP) is 2.92. The summed E-state index contributed by atoms with van der Waals surface area (Å²) in [5.74, 6) is 0.473. The van der Waals surface area contributed by atoms with E-state index in [-0.39, 0.29) is 0 Å². The van der Waals surface area contributed by atoms with Crippen LogP contribution in [0.15, 0.2) is 12.3 Å². The number of piperidine rings is 1. The summed E-state index contributed by atoms with van der Waals surface area (Å²) >= 11 is 0. The standard InChI is InChI=1S/C12H16F3N3/c1-8-3-2-4-18(7-8)10-5-11(12(13,14)15)17-6-9(10)16/h5-6,8H,2-4,7,16H2,1H3. The van der Waals surface area contributed by atoms with Crippen LogP contribution in [-0.4, -0.2) is 18.1 Å². The fourth-order valence-corrected chi connectivity index (χ4v) is 2.29. The van der Waals surface area contributed by atoms with Crippen molar-refractivity contribution in [2.75, 3.05) is 23.7 Å². The molecule has 1 aliphatic heterocycles. The van der Waals surface area contributed by atoms with Crippen molar-refractivity contribution in [3.05, 3.63) is 18.0 Å². The molecular formula is C12H16F3N3. The van der Waals surface area contributed by atoms with Gasteiger partial charge in [0.15, 0.2) is 0 Å². The molecule has 2 rings (SSSR count). The van der Waals surface area contributed by atoms with Crippen LogP contribution >= 0.6 is 0 Å². The first-order valence-electron chi connectivity index (χ1n) is 5.95. The molecule has 1 fully saturated rings. The van der Waals surface area contributed by atoms with Crippen LogP contribution in [0, 0.1) is 5.92 Å². The summed E-state index contributed by atoms with van der Waals surface area (Å²) in [5.41, 5.74) is 5.60. The molecule has 2 heterocycles. The van der Waals surface area contributed by atoms with Gasteiger partial charge in [0.05, 0.1) is 17.6 Å². The number of anilines is 2. The van der Waals surface area contributed by atoms with E-state index in [4.69, 9.17) is 5.73 Å². The SMILES string of the molecule is CC1CCCN(c2cc(C(F)(F)F)ncc2N)C1. The Kier molecular flexibility index (Phi) is 3.36. The van der Waals surface area contributed by atoms with E-state index in [2.05, 4.69) is 11.9 Å². The Hall–Kier alpha value is -1.46. The molecule has 0 aromatic carbocycles. The molecule has 1 unspecified atom stereocenters. The highest BCUT2D eigenvalue weighted by Crippen LogP contribution is 2.34. The molecule has 0 radical (unpaired) electrons. The number of nitrogens with zero attached hydrogens (tertiary/aromatic N) is 2. The Balaban J connectivity index is 2.31. The van der Waals surface area contributed by atoms with Crippen molar-refractivity contribution in [2.24, 2.45) is 5.92 Å². The quantitative estimate of drug-likeness (QED) is 0.843. The van der Waals surface area contributed by atoms with Crippen molar-refractivity contribution >= 4 is 11.4 Å². The molecule has 3 nitrogen and oxygen atoms in total. The lowest BCUT2D eigenvalue weighted by atomic mass is 9.99. The fraction of sp³-hybridized carbons (Fsp3) is 0.583. The smallest absolute Gasteiger partial charge is 0.396 e. The molecule has 0 spiro atoms. The number of nitrogen functional groups attached to an aromatic ring is 1. The summed E-state index contributed by atoms with van der Waals surface area (Å²) in [6, 6.07) is 1.05.